The maximum Gasteiger partial charge on any atom is 0.187 e. The average Bonchev–Trinajstić information content (AvgIpc) is 2.96. The van der Waals surface area contributed by atoms with Gasteiger partial charge in [0.2, 0.25) is 0 Å². The second kappa shape index (κ2) is 16.6. The lowest BCUT2D eigenvalue weighted by Gasteiger charge is -2.48. The molecule has 0 aromatic heterocycles. The van der Waals surface area contributed by atoms with Gasteiger partial charge in [-0.1, -0.05) is 34.1 Å². The maximum absolute atomic E-state index is 11.3. The average molecular weight is 615 g/mol. The van der Waals surface area contributed by atoms with Crippen LogP contribution in [0, 0.1) is 11.8 Å². The van der Waals surface area contributed by atoms with Gasteiger partial charge in [0.15, 0.2) is 18.9 Å². The van der Waals surface area contributed by atoms with Crippen molar-refractivity contribution < 1.29 is 74.0 Å². The van der Waals surface area contributed by atoms with Crippen LogP contribution in [0.15, 0.2) is 0 Å². The van der Waals surface area contributed by atoms with Crippen LogP contribution in [-0.2, 0) is 33.2 Å². The van der Waals surface area contributed by atoms with Gasteiger partial charge in [0.1, 0.15) is 54.9 Å². The molecule has 15 atom stereocenters. The lowest BCUT2D eigenvalue weighted by atomic mass is 9.90. The molecule has 0 saturated carbocycles. The molecule has 3 fully saturated rings. The van der Waals surface area contributed by atoms with Crippen LogP contribution in [0.2, 0.25) is 0 Å². The van der Waals surface area contributed by atoms with E-state index in [-0.39, 0.29) is 19.1 Å². The summed E-state index contributed by atoms with van der Waals surface area (Å²) in [6.45, 7) is 6.85. The first kappa shape index (κ1) is 35.9. The zero-order valence-corrected chi connectivity index (χ0v) is 24.6. The lowest BCUT2D eigenvalue weighted by Crippen LogP contribution is -2.65. The van der Waals surface area contributed by atoms with E-state index in [2.05, 4.69) is 0 Å². The van der Waals surface area contributed by atoms with Gasteiger partial charge in [0.25, 0.3) is 0 Å². The number of ether oxygens (including phenoxy) is 7. The molecule has 15 unspecified atom stereocenters. The van der Waals surface area contributed by atoms with Crippen LogP contribution in [0.3, 0.4) is 0 Å². The summed E-state index contributed by atoms with van der Waals surface area (Å²) in [5, 5.41) is 84.2. The van der Waals surface area contributed by atoms with Crippen LogP contribution < -0.4 is 0 Å². The highest BCUT2D eigenvalue weighted by atomic mass is 16.7. The Kier molecular flexibility index (Phi) is 14.2. The fourth-order valence-electron chi connectivity index (χ4n) is 5.17. The molecule has 0 amide bonds. The predicted molar refractivity (Wildman–Crippen MR) is 142 cm³/mol. The van der Waals surface area contributed by atoms with Gasteiger partial charge >= 0.3 is 0 Å². The number of hydrogen-bond acceptors (Lipinski definition) is 15. The molecule has 0 aliphatic carbocycles. The molecular formula is C27H50O15. The van der Waals surface area contributed by atoms with Crippen molar-refractivity contribution in [1.82, 2.24) is 0 Å². The van der Waals surface area contributed by atoms with Crippen molar-refractivity contribution in [2.45, 2.75) is 127 Å². The van der Waals surface area contributed by atoms with Gasteiger partial charge < -0.3 is 74.0 Å². The van der Waals surface area contributed by atoms with E-state index < -0.39 is 105 Å². The number of hydrogen-bond donors (Lipinski definition) is 8. The first-order chi connectivity index (χ1) is 19.9. The Labute approximate surface area is 245 Å². The Morgan fingerprint density at radius 3 is 1.86 bits per heavy atom. The first-order valence-electron chi connectivity index (χ1n) is 14.7. The Hall–Kier alpha value is -0.600. The van der Waals surface area contributed by atoms with E-state index in [9.17, 15) is 40.9 Å². The molecule has 248 valence electrons. The van der Waals surface area contributed by atoms with Crippen molar-refractivity contribution >= 4 is 0 Å². The molecule has 0 aromatic rings. The van der Waals surface area contributed by atoms with Crippen molar-refractivity contribution in [3.63, 3.8) is 0 Å². The van der Waals surface area contributed by atoms with Crippen LogP contribution in [0.4, 0.5) is 0 Å². The predicted octanol–water partition coefficient (Wildman–Crippen LogP) is -2.79. The molecule has 3 rings (SSSR count). The maximum atomic E-state index is 11.3. The highest BCUT2D eigenvalue weighted by Crippen LogP contribution is 2.35. The third-order valence-electron chi connectivity index (χ3n) is 7.80. The number of aliphatic hydroxyl groups is 8. The van der Waals surface area contributed by atoms with Crippen LogP contribution in [0.1, 0.15) is 40.5 Å². The quantitative estimate of drug-likeness (QED) is 0.0925. The van der Waals surface area contributed by atoms with Crippen molar-refractivity contribution in [2.24, 2.45) is 11.8 Å². The zero-order chi connectivity index (χ0) is 31.1. The van der Waals surface area contributed by atoms with E-state index in [1.807, 2.05) is 20.8 Å². The van der Waals surface area contributed by atoms with E-state index >= 15 is 0 Å². The summed E-state index contributed by atoms with van der Waals surface area (Å²) >= 11 is 0. The van der Waals surface area contributed by atoms with Crippen LogP contribution in [0.25, 0.3) is 0 Å². The Morgan fingerprint density at radius 2 is 1.24 bits per heavy atom. The smallest absolute Gasteiger partial charge is 0.187 e. The third kappa shape index (κ3) is 8.56. The first-order valence-corrected chi connectivity index (χ1v) is 14.7. The fraction of sp³-hybridized carbons (Fsp3) is 1.00. The highest BCUT2D eigenvalue weighted by molar-refractivity contribution is 4.95. The molecule has 8 N–H and O–H groups in total. The van der Waals surface area contributed by atoms with Crippen LogP contribution >= 0.6 is 0 Å². The Balaban J connectivity index is 1.75. The molecule has 0 aromatic carbocycles. The Morgan fingerprint density at radius 1 is 0.667 bits per heavy atom. The monoisotopic (exact) mass is 614 g/mol. The van der Waals surface area contributed by atoms with Gasteiger partial charge in [-0.3, -0.25) is 0 Å². The normalized spacial score (nSPS) is 44.9. The van der Waals surface area contributed by atoms with Gasteiger partial charge in [-0.2, -0.15) is 0 Å². The topological polar surface area (TPSA) is 226 Å². The second-order valence-electron chi connectivity index (χ2n) is 11.7. The van der Waals surface area contributed by atoms with Gasteiger partial charge in [-0.15, -0.1) is 0 Å². The van der Waals surface area contributed by atoms with E-state index in [0.717, 1.165) is 6.42 Å². The molecule has 15 heteroatoms. The van der Waals surface area contributed by atoms with E-state index in [1.54, 1.807) is 6.92 Å². The second-order valence-corrected chi connectivity index (χ2v) is 11.7. The van der Waals surface area contributed by atoms with Crippen molar-refractivity contribution in [3.05, 3.63) is 0 Å². The number of rotatable bonds is 14. The molecule has 3 aliphatic rings. The summed E-state index contributed by atoms with van der Waals surface area (Å²) in [4.78, 5) is 0. The minimum Gasteiger partial charge on any atom is -0.394 e. The van der Waals surface area contributed by atoms with E-state index in [4.69, 9.17) is 33.2 Å². The summed E-state index contributed by atoms with van der Waals surface area (Å²) in [6, 6.07) is 0. The SMILES string of the molecule is CCCCOC1OC(CO)C(O)C(OC2OC(CO)C(C)C(OC3OC(COCC(C)C)C(O)C(O)C3O)C2O)C1O. The third-order valence-corrected chi connectivity index (χ3v) is 7.80. The summed E-state index contributed by atoms with van der Waals surface area (Å²) in [7, 11) is 0. The van der Waals surface area contributed by atoms with Crippen LogP contribution in [-0.4, -0.2) is 160 Å². The van der Waals surface area contributed by atoms with Crippen molar-refractivity contribution in [1.29, 1.82) is 0 Å². The minimum atomic E-state index is -1.69. The highest BCUT2D eigenvalue weighted by Gasteiger charge is 2.53. The summed E-state index contributed by atoms with van der Waals surface area (Å²) in [6.07, 6.45) is -18.1. The molecule has 0 spiro atoms. The fourth-order valence-corrected chi connectivity index (χ4v) is 5.17. The summed E-state index contributed by atoms with van der Waals surface area (Å²) in [5.74, 6) is -0.488. The minimum absolute atomic E-state index is 0.0904. The standard InChI is InChI=1S/C27H50O15/c1-5-6-7-37-25-22(35)24(18(31)15(9-29)39-25)42-27-21(34)23(13(4)14(8-28)38-27)41-26-20(33)19(32)17(30)16(40-26)11-36-10-12(2)3/h12-35H,5-11H2,1-4H3. The Bertz CT molecular complexity index is 776. The van der Waals surface area contributed by atoms with Crippen molar-refractivity contribution in [2.75, 3.05) is 33.0 Å². The van der Waals surface area contributed by atoms with Gasteiger partial charge in [-0.25, -0.2) is 0 Å². The lowest BCUT2D eigenvalue weighted by molar-refractivity contribution is -0.376. The van der Waals surface area contributed by atoms with Gasteiger partial charge in [-0.05, 0) is 12.3 Å². The van der Waals surface area contributed by atoms with Crippen molar-refractivity contribution in [3.8, 4) is 0 Å². The molecule has 3 saturated heterocycles. The zero-order valence-electron chi connectivity index (χ0n) is 24.6. The molecule has 0 radical (unpaired) electrons. The van der Waals surface area contributed by atoms with Gasteiger partial charge in [0, 0.05) is 19.1 Å². The van der Waals surface area contributed by atoms with Crippen LogP contribution in [0.5, 0.6) is 0 Å². The molecule has 42 heavy (non-hydrogen) atoms. The molecule has 3 heterocycles. The molecule has 15 nitrogen and oxygen atoms in total. The van der Waals surface area contributed by atoms with E-state index in [1.165, 1.54) is 0 Å². The summed E-state index contributed by atoms with van der Waals surface area (Å²) < 4.78 is 39.9. The molecule has 3 aliphatic heterocycles. The number of aliphatic hydroxyl groups excluding tert-OH is 8. The number of unbranched alkanes of at least 4 members (excludes halogenated alkanes) is 1. The van der Waals surface area contributed by atoms with E-state index in [0.29, 0.717) is 13.0 Å². The molecule has 0 bridgehead atoms. The summed E-state index contributed by atoms with van der Waals surface area (Å²) in [5.41, 5.74) is 0. The largest absolute Gasteiger partial charge is 0.394 e. The van der Waals surface area contributed by atoms with Gasteiger partial charge in [0.05, 0.1) is 32.0 Å². The molecular weight excluding hydrogens is 564 g/mol.